The number of hydrogen-bond donors (Lipinski definition) is 0. The Bertz CT molecular complexity index is 550. The Morgan fingerprint density at radius 2 is 2.00 bits per heavy atom. The van der Waals surface area contributed by atoms with Crippen molar-refractivity contribution in [3.8, 4) is 11.3 Å². The summed E-state index contributed by atoms with van der Waals surface area (Å²) in [6.07, 6.45) is 1.96. The van der Waals surface area contributed by atoms with Crippen LogP contribution in [0.2, 0.25) is 0 Å². The molecule has 0 spiro atoms. The van der Waals surface area contributed by atoms with Gasteiger partial charge in [-0.1, -0.05) is 37.3 Å². The summed E-state index contributed by atoms with van der Waals surface area (Å²) in [5.74, 6) is -3.43. The van der Waals surface area contributed by atoms with Gasteiger partial charge in [-0.25, -0.2) is 13.8 Å². The molecule has 2 unspecified atom stereocenters. The fourth-order valence-electron chi connectivity index (χ4n) is 2.40. The first-order valence-electron chi connectivity index (χ1n) is 6.03. The van der Waals surface area contributed by atoms with Gasteiger partial charge in [0, 0.05) is 11.5 Å². The fourth-order valence-corrected chi connectivity index (χ4v) is 2.40. The van der Waals surface area contributed by atoms with Crippen LogP contribution in [0.25, 0.3) is 11.3 Å². The third-order valence-electron chi connectivity index (χ3n) is 3.49. The van der Waals surface area contributed by atoms with E-state index < -0.39 is 17.8 Å². The predicted octanol–water partition coefficient (Wildman–Crippen LogP) is 4.10. The second kappa shape index (κ2) is 3.90. The molecule has 2 aromatic rings. The molecule has 2 nitrogen and oxygen atoms in total. The summed E-state index contributed by atoms with van der Waals surface area (Å²) in [5.41, 5.74) is 0.855. The van der Waals surface area contributed by atoms with Crippen molar-refractivity contribution in [1.29, 1.82) is 0 Å². The molecule has 94 valence electrons. The molecule has 1 aliphatic carbocycles. The van der Waals surface area contributed by atoms with Crippen molar-refractivity contribution in [1.82, 2.24) is 4.98 Å². The van der Waals surface area contributed by atoms with Gasteiger partial charge in [-0.15, -0.1) is 0 Å². The normalized spacial score (nSPS) is 25.1. The highest BCUT2D eigenvalue weighted by Gasteiger charge is 2.70. The van der Waals surface area contributed by atoms with Crippen molar-refractivity contribution in [3.05, 3.63) is 42.4 Å². The topological polar surface area (TPSA) is 26.0 Å². The first-order valence-corrected chi connectivity index (χ1v) is 6.03. The maximum absolute atomic E-state index is 13.5. The number of oxazole rings is 1. The van der Waals surface area contributed by atoms with E-state index in [-0.39, 0.29) is 5.89 Å². The lowest BCUT2D eigenvalue weighted by atomic mass is 10.2. The molecule has 1 fully saturated rings. The number of benzene rings is 1. The number of nitrogens with zero attached hydrogens (tertiary/aromatic N) is 1. The lowest BCUT2D eigenvalue weighted by Crippen LogP contribution is -1.93. The van der Waals surface area contributed by atoms with Crippen LogP contribution in [0.4, 0.5) is 8.78 Å². The van der Waals surface area contributed by atoms with Gasteiger partial charge in [0.2, 0.25) is 5.89 Å². The maximum Gasteiger partial charge on any atom is 0.263 e. The van der Waals surface area contributed by atoms with Gasteiger partial charge in [-0.2, -0.15) is 0 Å². The van der Waals surface area contributed by atoms with E-state index >= 15 is 0 Å². The van der Waals surface area contributed by atoms with Crippen LogP contribution in [-0.4, -0.2) is 10.9 Å². The molecule has 3 rings (SSSR count). The van der Waals surface area contributed by atoms with Crippen LogP contribution in [0.1, 0.15) is 25.2 Å². The van der Waals surface area contributed by atoms with Gasteiger partial charge >= 0.3 is 0 Å². The van der Waals surface area contributed by atoms with E-state index in [0.717, 1.165) is 5.56 Å². The van der Waals surface area contributed by atoms with E-state index in [0.29, 0.717) is 12.2 Å². The Hall–Kier alpha value is -1.71. The molecule has 0 aliphatic heterocycles. The molecule has 0 radical (unpaired) electrons. The zero-order valence-corrected chi connectivity index (χ0v) is 9.94. The highest BCUT2D eigenvalue weighted by Crippen LogP contribution is 2.62. The van der Waals surface area contributed by atoms with Gasteiger partial charge in [-0.05, 0) is 6.42 Å². The molecule has 18 heavy (non-hydrogen) atoms. The summed E-state index contributed by atoms with van der Waals surface area (Å²) >= 11 is 0. The molecule has 4 heteroatoms. The molecular weight excluding hydrogens is 236 g/mol. The van der Waals surface area contributed by atoms with Crippen LogP contribution in [0, 0.1) is 5.92 Å². The lowest BCUT2D eigenvalue weighted by Gasteiger charge is -1.94. The Balaban J connectivity index is 1.88. The summed E-state index contributed by atoms with van der Waals surface area (Å²) in [6, 6.07) is 9.37. The maximum atomic E-state index is 13.5. The van der Waals surface area contributed by atoms with Crippen LogP contribution in [-0.2, 0) is 0 Å². The van der Waals surface area contributed by atoms with Crippen molar-refractivity contribution >= 4 is 0 Å². The number of alkyl halides is 2. The summed E-state index contributed by atoms with van der Waals surface area (Å²) < 4.78 is 32.4. The van der Waals surface area contributed by atoms with Crippen molar-refractivity contribution in [2.45, 2.75) is 25.2 Å². The summed E-state index contributed by atoms with van der Waals surface area (Å²) in [6.45, 7) is 1.76. The van der Waals surface area contributed by atoms with Gasteiger partial charge in [0.05, 0.1) is 6.20 Å². The van der Waals surface area contributed by atoms with E-state index in [1.807, 2.05) is 30.3 Å². The minimum Gasteiger partial charge on any atom is -0.440 e. The quantitative estimate of drug-likeness (QED) is 0.818. The van der Waals surface area contributed by atoms with Crippen LogP contribution in [0.3, 0.4) is 0 Å². The van der Waals surface area contributed by atoms with Crippen LogP contribution >= 0.6 is 0 Å². The molecule has 0 amide bonds. The fraction of sp³-hybridized carbons (Fsp3) is 0.357. The Morgan fingerprint density at radius 1 is 1.28 bits per heavy atom. The number of rotatable bonds is 3. The molecular formula is C14H13F2NO. The largest absolute Gasteiger partial charge is 0.440 e. The molecule has 1 aromatic heterocycles. The van der Waals surface area contributed by atoms with E-state index in [4.69, 9.17) is 4.42 Å². The standard InChI is InChI=1S/C14H13F2NO/c1-2-10-12(14(10,15)16)13-17-8-11(18-13)9-6-4-3-5-7-9/h3-8,10,12H,2H2,1H3. The first kappa shape index (κ1) is 11.4. The van der Waals surface area contributed by atoms with Crippen molar-refractivity contribution < 1.29 is 13.2 Å². The zero-order valence-electron chi connectivity index (χ0n) is 9.94. The molecule has 1 heterocycles. The van der Waals surface area contributed by atoms with Crippen molar-refractivity contribution in [2.75, 3.05) is 0 Å². The van der Waals surface area contributed by atoms with E-state index in [9.17, 15) is 8.78 Å². The second-order valence-corrected chi connectivity index (χ2v) is 4.60. The molecule has 1 aromatic carbocycles. The molecule has 0 saturated heterocycles. The summed E-state index contributed by atoms with van der Waals surface area (Å²) in [5, 5.41) is 0. The first-order chi connectivity index (χ1) is 8.64. The minimum absolute atomic E-state index is 0.158. The smallest absolute Gasteiger partial charge is 0.263 e. The van der Waals surface area contributed by atoms with Gasteiger partial charge < -0.3 is 4.42 Å². The highest BCUT2D eigenvalue weighted by molar-refractivity contribution is 5.56. The zero-order chi connectivity index (χ0) is 12.8. The number of hydrogen-bond acceptors (Lipinski definition) is 2. The van der Waals surface area contributed by atoms with Crippen molar-refractivity contribution in [3.63, 3.8) is 0 Å². The molecule has 2 atom stereocenters. The predicted molar refractivity (Wildman–Crippen MR) is 63.4 cm³/mol. The summed E-state index contributed by atoms with van der Waals surface area (Å²) in [7, 11) is 0. The Kier molecular flexibility index (Phi) is 2.47. The van der Waals surface area contributed by atoms with E-state index in [1.165, 1.54) is 6.20 Å². The average molecular weight is 249 g/mol. The van der Waals surface area contributed by atoms with Gasteiger partial charge in [0.1, 0.15) is 5.92 Å². The van der Waals surface area contributed by atoms with Gasteiger partial charge in [-0.3, -0.25) is 0 Å². The second-order valence-electron chi connectivity index (χ2n) is 4.60. The van der Waals surface area contributed by atoms with Crippen LogP contribution < -0.4 is 0 Å². The van der Waals surface area contributed by atoms with Gasteiger partial charge in [0.25, 0.3) is 5.92 Å². The highest BCUT2D eigenvalue weighted by atomic mass is 19.3. The third kappa shape index (κ3) is 1.64. The lowest BCUT2D eigenvalue weighted by molar-refractivity contribution is 0.0899. The molecule has 0 N–H and O–H groups in total. The van der Waals surface area contributed by atoms with E-state index in [2.05, 4.69) is 4.98 Å². The van der Waals surface area contributed by atoms with Crippen LogP contribution in [0.15, 0.2) is 40.9 Å². The molecule has 1 aliphatic rings. The SMILES string of the molecule is CCC1C(c2ncc(-c3ccccc3)o2)C1(F)F. The van der Waals surface area contributed by atoms with Crippen LogP contribution in [0.5, 0.6) is 0 Å². The monoisotopic (exact) mass is 249 g/mol. The van der Waals surface area contributed by atoms with Crippen molar-refractivity contribution in [2.24, 2.45) is 5.92 Å². The summed E-state index contributed by atoms with van der Waals surface area (Å²) in [4.78, 5) is 4.00. The Morgan fingerprint density at radius 3 is 2.61 bits per heavy atom. The minimum atomic E-state index is -2.66. The van der Waals surface area contributed by atoms with Gasteiger partial charge in [0.15, 0.2) is 5.76 Å². The molecule has 0 bridgehead atoms. The van der Waals surface area contributed by atoms with E-state index in [1.54, 1.807) is 6.92 Å². The number of aromatic nitrogens is 1. The average Bonchev–Trinajstić information content (AvgIpc) is 2.77. The third-order valence-corrected chi connectivity index (χ3v) is 3.49. The Labute approximate surface area is 104 Å². The number of halogens is 2. The molecule has 1 saturated carbocycles.